The molecule has 1 unspecified atom stereocenters. The minimum atomic E-state index is -1.14. The zero-order valence-electron chi connectivity index (χ0n) is 17.5. The molecule has 2 aromatic carbocycles. The van der Waals surface area contributed by atoms with Gasteiger partial charge in [0.15, 0.2) is 0 Å². The zero-order valence-corrected chi connectivity index (χ0v) is 17.5. The maximum atomic E-state index is 13.6. The lowest BCUT2D eigenvalue weighted by molar-refractivity contribution is -0.0836. The molecular formula is C23H21F2N3O5. The topological polar surface area (TPSA) is 93.9 Å². The Bertz CT molecular complexity index is 1190. The van der Waals surface area contributed by atoms with Crippen LogP contribution in [0.3, 0.4) is 0 Å². The summed E-state index contributed by atoms with van der Waals surface area (Å²) in [6, 6.07) is 10.9. The van der Waals surface area contributed by atoms with E-state index in [1.807, 2.05) is 0 Å². The maximum Gasteiger partial charge on any atom is 0.411 e. The van der Waals surface area contributed by atoms with E-state index in [4.69, 9.17) is 9.47 Å². The number of amides is 1. The van der Waals surface area contributed by atoms with Gasteiger partial charge in [0.05, 0.1) is 38.2 Å². The molecule has 1 atom stereocenters. The molecule has 1 aromatic heterocycles. The highest BCUT2D eigenvalue weighted by atomic mass is 19.1. The largest absolute Gasteiger partial charge is 0.465 e. The Balaban J connectivity index is 1.59. The molecule has 10 heteroatoms. The van der Waals surface area contributed by atoms with E-state index < -0.39 is 17.7 Å². The van der Waals surface area contributed by atoms with Gasteiger partial charge in [0.2, 0.25) is 5.43 Å². The normalized spacial score (nSPS) is 15.9. The Morgan fingerprint density at radius 3 is 2.64 bits per heavy atom. The van der Waals surface area contributed by atoms with Gasteiger partial charge in [-0.1, -0.05) is 12.1 Å². The van der Waals surface area contributed by atoms with Crippen LogP contribution in [0.1, 0.15) is 11.3 Å². The van der Waals surface area contributed by atoms with Crippen LogP contribution >= 0.6 is 0 Å². The predicted octanol–water partition coefficient (Wildman–Crippen LogP) is 3.00. The summed E-state index contributed by atoms with van der Waals surface area (Å²) in [6.07, 6.45) is -0.0979. The van der Waals surface area contributed by atoms with Crippen molar-refractivity contribution in [3.8, 4) is 5.69 Å². The van der Waals surface area contributed by atoms with Crippen molar-refractivity contribution in [1.82, 2.24) is 9.78 Å². The summed E-state index contributed by atoms with van der Waals surface area (Å²) in [5.74, 6) is -1.53. The number of hydrogen-bond acceptors (Lipinski definition) is 5. The molecule has 1 saturated heterocycles. The SMILES string of the molecule is O=C(O)N(CC1COCCO1)c1cccc(Cc2nn(-c3cc(F)cc(F)c3)ccc2=O)c1. The molecule has 0 radical (unpaired) electrons. The maximum absolute atomic E-state index is 13.6. The van der Waals surface area contributed by atoms with Gasteiger partial charge in [-0.25, -0.2) is 18.3 Å². The molecule has 2 heterocycles. The smallest absolute Gasteiger partial charge is 0.411 e. The summed E-state index contributed by atoms with van der Waals surface area (Å²) >= 11 is 0. The van der Waals surface area contributed by atoms with Crippen LogP contribution in [-0.4, -0.2) is 53.4 Å². The molecule has 3 aromatic rings. The molecule has 1 aliphatic heterocycles. The van der Waals surface area contributed by atoms with Gasteiger partial charge < -0.3 is 14.6 Å². The van der Waals surface area contributed by atoms with Crippen molar-refractivity contribution < 1.29 is 28.2 Å². The first kappa shape index (κ1) is 22.6. The zero-order chi connectivity index (χ0) is 23.4. The van der Waals surface area contributed by atoms with Gasteiger partial charge in [-0.3, -0.25) is 9.69 Å². The van der Waals surface area contributed by atoms with Gasteiger partial charge in [0.25, 0.3) is 0 Å². The first-order valence-corrected chi connectivity index (χ1v) is 10.2. The molecule has 0 bridgehead atoms. The Morgan fingerprint density at radius 1 is 1.15 bits per heavy atom. The molecule has 1 aliphatic rings. The van der Waals surface area contributed by atoms with Crippen LogP contribution < -0.4 is 10.3 Å². The highest BCUT2D eigenvalue weighted by Crippen LogP contribution is 2.20. The first-order chi connectivity index (χ1) is 15.9. The van der Waals surface area contributed by atoms with Gasteiger partial charge in [-0.2, -0.15) is 5.10 Å². The van der Waals surface area contributed by atoms with E-state index in [1.54, 1.807) is 24.3 Å². The molecule has 8 nitrogen and oxygen atoms in total. The van der Waals surface area contributed by atoms with E-state index in [0.29, 0.717) is 31.1 Å². The average Bonchev–Trinajstić information content (AvgIpc) is 2.79. The Labute approximate surface area is 187 Å². The van der Waals surface area contributed by atoms with Crippen LogP contribution in [-0.2, 0) is 15.9 Å². The van der Waals surface area contributed by atoms with Gasteiger partial charge in [-0.15, -0.1) is 0 Å². The third kappa shape index (κ3) is 5.60. The second-order valence-electron chi connectivity index (χ2n) is 7.51. The van der Waals surface area contributed by atoms with E-state index in [0.717, 1.165) is 23.1 Å². The highest BCUT2D eigenvalue weighted by molar-refractivity contribution is 5.86. The molecule has 0 aliphatic carbocycles. The van der Waals surface area contributed by atoms with Crippen molar-refractivity contribution in [2.75, 3.05) is 31.3 Å². The van der Waals surface area contributed by atoms with E-state index in [1.165, 1.54) is 16.9 Å². The number of anilines is 1. The predicted molar refractivity (Wildman–Crippen MR) is 115 cm³/mol. The molecule has 1 amide bonds. The minimum absolute atomic E-state index is 0.0975. The van der Waals surface area contributed by atoms with Crippen LogP contribution in [0.5, 0.6) is 0 Å². The fraction of sp³-hybridized carbons (Fsp3) is 0.261. The van der Waals surface area contributed by atoms with Crippen molar-refractivity contribution in [2.24, 2.45) is 0 Å². The van der Waals surface area contributed by atoms with Crippen LogP contribution in [0.15, 0.2) is 59.5 Å². The number of carbonyl (C=O) groups is 1. The monoisotopic (exact) mass is 457 g/mol. The van der Waals surface area contributed by atoms with Crippen molar-refractivity contribution in [1.29, 1.82) is 0 Å². The van der Waals surface area contributed by atoms with Crippen molar-refractivity contribution in [3.63, 3.8) is 0 Å². The molecule has 0 spiro atoms. The molecule has 172 valence electrons. The summed E-state index contributed by atoms with van der Waals surface area (Å²) in [7, 11) is 0. The van der Waals surface area contributed by atoms with Crippen LogP contribution in [0.4, 0.5) is 19.3 Å². The molecular weight excluding hydrogens is 436 g/mol. The lowest BCUT2D eigenvalue weighted by atomic mass is 10.1. The van der Waals surface area contributed by atoms with Crippen molar-refractivity contribution in [3.05, 3.63) is 87.8 Å². The number of aromatic nitrogens is 2. The average molecular weight is 457 g/mol. The Morgan fingerprint density at radius 2 is 1.94 bits per heavy atom. The van der Waals surface area contributed by atoms with Crippen LogP contribution in [0.25, 0.3) is 5.69 Å². The minimum Gasteiger partial charge on any atom is -0.465 e. The van der Waals surface area contributed by atoms with E-state index >= 15 is 0 Å². The van der Waals surface area contributed by atoms with Gasteiger partial charge in [0, 0.05) is 30.4 Å². The summed E-state index contributed by atoms with van der Waals surface area (Å²) in [4.78, 5) is 25.4. The lowest BCUT2D eigenvalue weighted by Crippen LogP contribution is -2.42. The number of rotatable bonds is 6. The quantitative estimate of drug-likeness (QED) is 0.612. The Hall–Kier alpha value is -3.63. The summed E-state index contributed by atoms with van der Waals surface area (Å²) < 4.78 is 39.3. The Kier molecular flexibility index (Phi) is 6.76. The van der Waals surface area contributed by atoms with Crippen LogP contribution in [0.2, 0.25) is 0 Å². The van der Waals surface area contributed by atoms with E-state index in [-0.39, 0.29) is 35.9 Å². The molecule has 1 N–H and O–H groups in total. The lowest BCUT2D eigenvalue weighted by Gasteiger charge is -2.28. The molecule has 33 heavy (non-hydrogen) atoms. The summed E-state index contributed by atoms with van der Waals surface area (Å²) in [5, 5.41) is 13.9. The van der Waals surface area contributed by atoms with Gasteiger partial charge >= 0.3 is 6.09 Å². The fourth-order valence-electron chi connectivity index (χ4n) is 3.55. The number of ether oxygens (including phenoxy) is 2. The van der Waals surface area contributed by atoms with Gasteiger partial charge in [0.1, 0.15) is 17.3 Å². The third-order valence-corrected chi connectivity index (χ3v) is 5.09. The second-order valence-corrected chi connectivity index (χ2v) is 7.51. The number of hydrogen-bond donors (Lipinski definition) is 1. The van der Waals surface area contributed by atoms with Crippen LogP contribution in [0, 0.1) is 11.6 Å². The van der Waals surface area contributed by atoms with Crippen molar-refractivity contribution in [2.45, 2.75) is 12.5 Å². The molecule has 1 fully saturated rings. The highest BCUT2D eigenvalue weighted by Gasteiger charge is 2.23. The van der Waals surface area contributed by atoms with E-state index in [9.17, 15) is 23.5 Å². The van der Waals surface area contributed by atoms with Crippen molar-refractivity contribution >= 4 is 11.8 Å². The third-order valence-electron chi connectivity index (χ3n) is 5.09. The second kappa shape index (κ2) is 9.88. The number of halogens is 2. The summed E-state index contributed by atoms with van der Waals surface area (Å²) in [5.41, 5.74) is 0.987. The molecule has 4 rings (SSSR count). The number of nitrogens with zero attached hydrogens (tertiary/aromatic N) is 3. The number of carboxylic acid groups (broad SMARTS) is 1. The first-order valence-electron chi connectivity index (χ1n) is 10.2. The van der Waals surface area contributed by atoms with Gasteiger partial charge in [-0.05, 0) is 29.8 Å². The standard InChI is InChI=1S/C23H21F2N3O5/c24-16-10-17(25)12-19(11-16)28-5-4-22(29)21(26-28)9-15-2-1-3-18(8-15)27(23(30)31)13-20-14-32-6-7-33-20/h1-5,8,10-12,20H,6-7,9,13-14H2,(H,30,31). The fourth-order valence-corrected chi connectivity index (χ4v) is 3.55. The van der Waals surface area contributed by atoms with E-state index in [2.05, 4.69) is 5.10 Å². The molecule has 0 saturated carbocycles. The number of benzene rings is 2. The summed E-state index contributed by atoms with van der Waals surface area (Å²) in [6.45, 7) is 1.28.